The van der Waals surface area contributed by atoms with E-state index >= 15 is 0 Å². The summed E-state index contributed by atoms with van der Waals surface area (Å²) in [4.78, 5) is 17.9. The molecule has 0 bridgehead atoms. The van der Waals surface area contributed by atoms with Gasteiger partial charge in [-0.25, -0.2) is 0 Å². The third kappa shape index (κ3) is 9.98. The van der Waals surface area contributed by atoms with Crippen LogP contribution in [0.15, 0.2) is 331 Å². The van der Waals surface area contributed by atoms with Gasteiger partial charge >= 0.3 is 0 Å². The topological polar surface area (TPSA) is 96.3 Å². The number of carbonyl (C=O) groups excluding carboxylic acids is 1. The Labute approximate surface area is 615 Å². The molecule has 14 aromatic carbocycles. The highest BCUT2D eigenvalue weighted by atomic mass is 79.9. The van der Waals surface area contributed by atoms with Crippen molar-refractivity contribution in [2.75, 3.05) is 9.80 Å². The van der Waals surface area contributed by atoms with Gasteiger partial charge in [-0.1, -0.05) is 183 Å². The number of furan rings is 4. The van der Waals surface area contributed by atoms with Gasteiger partial charge in [0.15, 0.2) is 5.78 Å². The molecule has 20 rings (SSSR count). The van der Waals surface area contributed by atoms with Gasteiger partial charge in [-0.15, -0.1) is 0 Å². The maximum Gasteiger partial charge on any atom is 0.194 e. The lowest BCUT2D eigenvalue weighted by Gasteiger charge is -2.34. The predicted octanol–water partition coefficient (Wildman–Crippen LogP) is 27.5. The summed E-state index contributed by atoms with van der Waals surface area (Å²) in [5, 5.41) is 21.6. The van der Waals surface area contributed by atoms with Crippen molar-refractivity contribution < 1.29 is 27.6 Å². The molecule has 2 aliphatic rings. The molecule has 13 heteroatoms. The lowest BCUT2D eigenvalue weighted by Crippen LogP contribution is -2.29. The molecule has 4 heterocycles. The van der Waals surface area contributed by atoms with E-state index in [2.05, 4.69) is 205 Å². The molecule has 482 valence electrons. The number of ketones is 1. The molecule has 0 saturated carbocycles. The third-order valence-corrected chi connectivity index (χ3v) is 22.0. The second kappa shape index (κ2) is 25.3. The van der Waals surface area contributed by atoms with Crippen molar-refractivity contribution >= 4 is 207 Å². The fourth-order valence-corrected chi connectivity index (χ4v) is 17.4. The van der Waals surface area contributed by atoms with Crippen LogP contribution in [0.25, 0.3) is 110 Å². The summed E-state index contributed by atoms with van der Waals surface area (Å²) in [6.07, 6.45) is 0. The molecule has 0 aliphatic heterocycles. The maximum atomic E-state index is 13.8. The zero-order chi connectivity index (χ0) is 66.8. The normalized spacial score (nSPS) is 13.5. The van der Waals surface area contributed by atoms with Crippen LogP contribution in [-0.4, -0.2) is 10.9 Å². The SMILES string of the molecule is Brc1ccccc1N(c1ccccc1)c1ccccc1.C.O=C1c2cc(Br)c3c(oc4ccccc43)c2-c2c1cc(Br)c1oc3ccccc3c21.OC1(c2ccccc2N(c2ccccc2)c2ccccc2)c2cc(Br)c3c(oc4ccccc43)c2-c2c1cc(Br)c1oc3ccccc3c21. The fraction of sp³-hybridized carbons (Fsp3) is 0.0230. The number of aliphatic hydroxyl groups is 1. The smallest absolute Gasteiger partial charge is 0.194 e. The van der Waals surface area contributed by atoms with Crippen molar-refractivity contribution in [1.82, 2.24) is 0 Å². The van der Waals surface area contributed by atoms with E-state index in [1.165, 1.54) is 0 Å². The van der Waals surface area contributed by atoms with E-state index in [1.54, 1.807) is 0 Å². The van der Waals surface area contributed by atoms with Crippen molar-refractivity contribution in [2.24, 2.45) is 0 Å². The minimum Gasteiger partial charge on any atom is -0.455 e. The molecule has 0 amide bonds. The summed E-state index contributed by atoms with van der Waals surface area (Å²) >= 11 is 18.7. The Bertz CT molecular complexity index is 6230. The van der Waals surface area contributed by atoms with Crippen molar-refractivity contribution in [3.05, 3.63) is 341 Å². The van der Waals surface area contributed by atoms with E-state index in [-0.39, 0.29) is 13.2 Å². The molecular weight excluding hydrogens is 1570 g/mol. The minimum atomic E-state index is -1.59. The number of fused-ring (bicyclic) bond motifs is 22. The van der Waals surface area contributed by atoms with Gasteiger partial charge in [0.25, 0.3) is 0 Å². The first-order valence-electron chi connectivity index (χ1n) is 32.0. The average molecular weight is 1620 g/mol. The van der Waals surface area contributed by atoms with Gasteiger partial charge < -0.3 is 32.6 Å². The van der Waals surface area contributed by atoms with Crippen LogP contribution in [-0.2, 0) is 5.60 Å². The van der Waals surface area contributed by atoms with E-state index in [1.807, 2.05) is 176 Å². The van der Waals surface area contributed by atoms with E-state index in [9.17, 15) is 9.90 Å². The van der Waals surface area contributed by atoms with Gasteiger partial charge in [0.1, 0.15) is 50.3 Å². The number of halogens is 5. The molecule has 0 spiro atoms. The molecule has 2 aliphatic carbocycles. The van der Waals surface area contributed by atoms with Crippen LogP contribution in [0, 0.1) is 0 Å². The summed E-state index contributed by atoms with van der Waals surface area (Å²) in [7, 11) is 0. The standard InChI is InChI=1S/C43H25Br2NO3.C25H10Br2O3.C18H14BrN.CH4/c44-32-23-31-40(42-37(32)27-17-7-11-21-35(27)49-42)39-30(24-33(45)41-38(39)28-18-8-12-22-36(28)48-41)43(31,47)29-19-9-10-20-34(29)46(25-13-3-1-4-14-25)26-15-5-2-6-16-26;26-15-9-14-22(25-19(15)11-5-1-3-7-17(11)30-25)20-13(23(14)28)10-16(27)24-21(20)12-6-2-4-8-18(12)29-24;19-17-13-7-8-14-18(17)20(15-9-3-1-4-10-15)16-11-5-2-6-12-16;/h1-24,47H;1-10H;1-14H;1H4. The van der Waals surface area contributed by atoms with E-state index < -0.39 is 5.60 Å². The molecule has 1 N–H and O–H groups in total. The number of hydrogen-bond acceptors (Lipinski definition) is 8. The molecule has 4 aromatic heterocycles. The molecule has 18 aromatic rings. The summed E-state index contributed by atoms with van der Waals surface area (Å²) in [5.41, 5.74) is 17.7. The average Bonchev–Trinajstić information content (AvgIpc) is 1.52. The second-order valence-corrected chi connectivity index (χ2v) is 28.6. The van der Waals surface area contributed by atoms with Gasteiger partial charge in [-0.05, 0) is 195 Å². The Hall–Kier alpha value is -10.1. The van der Waals surface area contributed by atoms with Gasteiger partial charge in [0.2, 0.25) is 0 Å². The number of benzene rings is 14. The van der Waals surface area contributed by atoms with Gasteiger partial charge in [0, 0.05) is 129 Å². The lowest BCUT2D eigenvalue weighted by atomic mass is 9.82. The zero-order valence-electron chi connectivity index (χ0n) is 52.0. The monoisotopic (exact) mass is 1620 g/mol. The summed E-state index contributed by atoms with van der Waals surface area (Å²) in [6, 6.07) is 97.7. The molecule has 1 unspecified atom stereocenters. The number of anilines is 6. The number of rotatable bonds is 7. The number of nitrogens with zero attached hydrogens (tertiary/aromatic N) is 2. The highest BCUT2D eigenvalue weighted by Gasteiger charge is 2.49. The Kier molecular flexibility index (Phi) is 16.0. The second-order valence-electron chi connectivity index (χ2n) is 24.4. The van der Waals surface area contributed by atoms with Crippen LogP contribution in [0.1, 0.15) is 40.0 Å². The molecule has 0 saturated heterocycles. The molecule has 8 nitrogen and oxygen atoms in total. The number of carbonyl (C=O) groups is 1. The lowest BCUT2D eigenvalue weighted by molar-refractivity contribution is 0.104. The van der Waals surface area contributed by atoms with Gasteiger partial charge in [-0.2, -0.15) is 0 Å². The molecule has 100 heavy (non-hydrogen) atoms. The first-order chi connectivity index (χ1) is 48.5. The van der Waals surface area contributed by atoms with Crippen LogP contribution in [0.2, 0.25) is 0 Å². The predicted molar refractivity (Wildman–Crippen MR) is 426 cm³/mol. The zero-order valence-corrected chi connectivity index (χ0v) is 59.9. The quantitative estimate of drug-likeness (QED) is 0.169. The molecule has 1 atom stereocenters. The van der Waals surface area contributed by atoms with Crippen LogP contribution in [0.3, 0.4) is 0 Å². The Balaban J connectivity index is 0.000000124. The summed E-state index contributed by atoms with van der Waals surface area (Å²) in [6.45, 7) is 0. The third-order valence-electron chi connectivity index (χ3n) is 18.9. The molecule has 0 radical (unpaired) electrons. The first kappa shape index (κ1) is 63.4. The van der Waals surface area contributed by atoms with Crippen molar-refractivity contribution in [2.45, 2.75) is 13.0 Å². The van der Waals surface area contributed by atoms with Crippen molar-refractivity contribution in [3.8, 4) is 22.3 Å². The van der Waals surface area contributed by atoms with E-state index in [0.29, 0.717) is 11.1 Å². The van der Waals surface area contributed by atoms with Gasteiger partial charge in [0.05, 0.1) is 20.3 Å². The fourth-order valence-electron chi connectivity index (χ4n) is 14.7. The Morgan fingerprint density at radius 3 is 1.11 bits per heavy atom. The highest BCUT2D eigenvalue weighted by molar-refractivity contribution is 9.11. The number of hydrogen-bond donors (Lipinski definition) is 1. The summed E-state index contributed by atoms with van der Waals surface area (Å²) in [5.74, 6) is -0.00376. The first-order valence-corrected chi connectivity index (χ1v) is 36.0. The van der Waals surface area contributed by atoms with Crippen molar-refractivity contribution in [3.63, 3.8) is 0 Å². The van der Waals surface area contributed by atoms with Crippen LogP contribution < -0.4 is 9.80 Å². The van der Waals surface area contributed by atoms with Crippen LogP contribution in [0.5, 0.6) is 0 Å². The Morgan fingerprint density at radius 1 is 0.290 bits per heavy atom. The van der Waals surface area contributed by atoms with E-state index in [0.717, 1.165) is 183 Å². The Morgan fingerprint density at radius 2 is 0.620 bits per heavy atom. The van der Waals surface area contributed by atoms with Gasteiger partial charge in [-0.3, -0.25) is 4.79 Å². The van der Waals surface area contributed by atoms with Crippen LogP contribution in [0.4, 0.5) is 34.1 Å². The van der Waals surface area contributed by atoms with E-state index in [4.69, 9.17) is 17.7 Å². The van der Waals surface area contributed by atoms with Crippen LogP contribution >= 0.6 is 79.6 Å². The minimum absolute atomic E-state index is 0. The number of para-hydroxylation sites is 10. The molecular formula is C87H53Br5N2O6. The maximum absolute atomic E-state index is 13.8. The van der Waals surface area contributed by atoms with Crippen molar-refractivity contribution in [1.29, 1.82) is 0 Å². The summed E-state index contributed by atoms with van der Waals surface area (Å²) < 4.78 is 30.0. The molecule has 0 fully saturated rings. The highest BCUT2D eigenvalue weighted by Crippen LogP contribution is 2.62. The largest absolute Gasteiger partial charge is 0.455 e.